The number of rotatable bonds is 2. The summed E-state index contributed by atoms with van der Waals surface area (Å²) in [6.07, 6.45) is 3.66. The van der Waals surface area contributed by atoms with Crippen LogP contribution >= 0.6 is 46.3 Å². The van der Waals surface area contributed by atoms with Crippen molar-refractivity contribution in [2.45, 2.75) is 53.2 Å². The first-order valence-corrected chi connectivity index (χ1v) is 13.5. The summed E-state index contributed by atoms with van der Waals surface area (Å²) in [6.45, 7) is 13.8. The Balaban J connectivity index is 0.00000136. The first kappa shape index (κ1) is 23.6. The quantitative estimate of drug-likeness (QED) is 0.399. The van der Waals surface area contributed by atoms with E-state index in [4.69, 9.17) is 4.74 Å². The largest absolute Gasteiger partial charge is 0.444 e. The lowest BCUT2D eigenvalue weighted by molar-refractivity contribution is 0.0159. The number of amides is 1. The van der Waals surface area contributed by atoms with Crippen LogP contribution in [0.4, 0.5) is 10.6 Å². The highest BCUT2D eigenvalue weighted by molar-refractivity contribution is 14.2. The number of hydrogen-bond donors (Lipinski definition) is 0. The van der Waals surface area contributed by atoms with E-state index in [1.165, 1.54) is 0 Å². The predicted octanol–water partition coefficient (Wildman–Crippen LogP) is 6.12. The van der Waals surface area contributed by atoms with E-state index >= 15 is 0 Å². The first-order chi connectivity index (χ1) is 13.2. The minimum Gasteiger partial charge on any atom is -0.444 e. The van der Waals surface area contributed by atoms with Gasteiger partial charge in [0.15, 0.2) is 0 Å². The Kier molecular flexibility index (Phi) is 8.33. The third-order valence-electron chi connectivity index (χ3n) is 4.25. The molecular weight excluding hydrogens is 555 g/mol. The molecule has 0 N–H and O–H groups in total. The zero-order chi connectivity index (χ0) is 21.1. The van der Waals surface area contributed by atoms with Gasteiger partial charge in [-0.2, -0.15) is 0 Å². The maximum atomic E-state index is 12.4. The average molecular weight is 583 g/mol. The number of pyridine rings is 1. The van der Waals surface area contributed by atoms with Gasteiger partial charge >= 0.3 is 6.09 Å². The van der Waals surface area contributed by atoms with E-state index in [0.717, 1.165) is 34.3 Å². The number of piperazine rings is 1. The molecule has 0 bridgehead atoms. The van der Waals surface area contributed by atoms with Crippen molar-refractivity contribution in [3.05, 3.63) is 22.9 Å². The summed E-state index contributed by atoms with van der Waals surface area (Å²) in [5.41, 5.74) is 0.648. The van der Waals surface area contributed by atoms with E-state index < -0.39 is 5.60 Å². The van der Waals surface area contributed by atoms with Gasteiger partial charge in [-0.25, -0.2) is 9.78 Å². The van der Waals surface area contributed by atoms with Crippen molar-refractivity contribution < 1.29 is 9.53 Å². The van der Waals surface area contributed by atoms with Crippen LogP contribution in [0, 0.1) is 0 Å². The molecule has 2 aromatic rings. The van der Waals surface area contributed by atoms with Gasteiger partial charge in [0.2, 0.25) is 0 Å². The van der Waals surface area contributed by atoms with Crippen LogP contribution in [0.1, 0.15) is 41.5 Å². The van der Waals surface area contributed by atoms with Gasteiger partial charge in [-0.15, -0.1) is 0 Å². The molecule has 28 heavy (non-hydrogen) atoms. The highest BCUT2D eigenvalue weighted by atomic mass is 127. The Bertz CT molecular complexity index is 824. The fourth-order valence-electron chi connectivity index (χ4n) is 3.13. The molecular formula is C19H28BrIN4O2S. The Hall–Kier alpha value is -0.680. The molecule has 1 saturated heterocycles. The number of ether oxygens (including phenoxy) is 1. The molecule has 1 aliphatic heterocycles. The third-order valence-corrected chi connectivity index (χ3v) is 6.57. The summed E-state index contributed by atoms with van der Waals surface area (Å²) in [6, 6.07) is 2.07. The molecule has 1 amide bonds. The molecule has 6 nitrogen and oxygen atoms in total. The van der Waals surface area contributed by atoms with Gasteiger partial charge in [-0.3, -0.25) is 3.97 Å². The summed E-state index contributed by atoms with van der Waals surface area (Å²) in [5, 5.41) is 1.11. The number of fused-ring (bicyclic) bond motifs is 1. The zero-order valence-electron chi connectivity index (χ0n) is 17.2. The molecule has 9 heteroatoms. The van der Waals surface area contributed by atoms with Crippen LogP contribution in [0.3, 0.4) is 0 Å². The standard InChI is InChI=1S/C17H22BrIN4O2S.C2H6/c1-11-9-21(7-8-22(11)16(24)25-17(2,3)4)15-14-12(18)10-23(26-19)13(14)5-6-20-15;1-2/h5-6,10-11H,7-9H2,1-4H3;1-2H3. The lowest BCUT2D eigenvalue weighted by Gasteiger charge is -2.40. The van der Waals surface area contributed by atoms with Crippen molar-refractivity contribution in [3.63, 3.8) is 0 Å². The van der Waals surface area contributed by atoms with Gasteiger partial charge in [0.05, 0.1) is 10.9 Å². The number of aromatic nitrogens is 2. The van der Waals surface area contributed by atoms with Crippen LogP contribution in [-0.2, 0) is 4.74 Å². The Morgan fingerprint density at radius 1 is 1.36 bits per heavy atom. The molecule has 0 aromatic carbocycles. The van der Waals surface area contributed by atoms with E-state index in [2.05, 4.69) is 64.1 Å². The monoisotopic (exact) mass is 582 g/mol. The summed E-state index contributed by atoms with van der Waals surface area (Å²) < 4.78 is 8.68. The summed E-state index contributed by atoms with van der Waals surface area (Å²) >= 11 is 5.94. The molecule has 0 aliphatic carbocycles. The average Bonchev–Trinajstić information content (AvgIpc) is 2.98. The SMILES string of the molecule is CC.CC1CN(c2nccc3c2c(Br)cn3SI)CCN1C(=O)OC(C)(C)C. The van der Waals surface area contributed by atoms with E-state index in [9.17, 15) is 4.79 Å². The molecule has 3 rings (SSSR count). The van der Waals surface area contributed by atoms with Crippen LogP contribution in [0.5, 0.6) is 0 Å². The number of anilines is 1. The highest BCUT2D eigenvalue weighted by Gasteiger charge is 2.32. The third kappa shape index (κ3) is 5.27. The first-order valence-electron chi connectivity index (χ1n) is 9.40. The number of nitrogens with zero attached hydrogens (tertiary/aromatic N) is 4. The van der Waals surface area contributed by atoms with Crippen molar-refractivity contribution in [3.8, 4) is 0 Å². The van der Waals surface area contributed by atoms with Gasteiger partial charge < -0.3 is 14.5 Å². The number of carbonyl (C=O) groups excluding carboxylic acids is 1. The summed E-state index contributed by atoms with van der Waals surface area (Å²) in [4.78, 5) is 21.1. The van der Waals surface area contributed by atoms with Gasteiger partial charge in [-0.1, -0.05) is 13.8 Å². The van der Waals surface area contributed by atoms with Crippen LogP contribution in [0.15, 0.2) is 22.9 Å². The summed E-state index contributed by atoms with van der Waals surface area (Å²) in [5.74, 6) is 0.953. The van der Waals surface area contributed by atoms with E-state index in [0.29, 0.717) is 6.54 Å². The van der Waals surface area contributed by atoms with Gasteiger partial charge in [0, 0.05) is 72.9 Å². The number of carbonyl (C=O) groups is 1. The van der Waals surface area contributed by atoms with Crippen LogP contribution < -0.4 is 4.90 Å². The Labute approximate surface area is 192 Å². The molecule has 1 atom stereocenters. The molecule has 3 heterocycles. The lowest BCUT2D eigenvalue weighted by atomic mass is 10.1. The van der Waals surface area contributed by atoms with Crippen molar-refractivity contribution in [2.24, 2.45) is 0 Å². The molecule has 0 saturated carbocycles. The second-order valence-electron chi connectivity index (χ2n) is 7.37. The smallest absolute Gasteiger partial charge is 0.410 e. The van der Waals surface area contributed by atoms with Gasteiger partial charge in [-0.05, 0) is 49.7 Å². The van der Waals surface area contributed by atoms with Crippen LogP contribution in [-0.4, -0.2) is 51.2 Å². The molecule has 1 aliphatic rings. The molecule has 0 spiro atoms. The van der Waals surface area contributed by atoms with Crippen molar-refractivity contribution in [1.82, 2.24) is 13.9 Å². The molecule has 1 unspecified atom stereocenters. The van der Waals surface area contributed by atoms with E-state index in [1.54, 1.807) is 9.12 Å². The molecule has 0 radical (unpaired) electrons. The normalized spacial score (nSPS) is 17.4. The minimum absolute atomic E-state index is 0.0514. The number of halogens is 2. The summed E-state index contributed by atoms with van der Waals surface area (Å²) in [7, 11) is 1.63. The van der Waals surface area contributed by atoms with Gasteiger partial charge in [0.1, 0.15) is 11.4 Å². The molecule has 156 valence electrons. The second kappa shape index (κ2) is 9.88. The zero-order valence-corrected chi connectivity index (χ0v) is 21.8. The maximum absolute atomic E-state index is 12.4. The van der Waals surface area contributed by atoms with Crippen molar-refractivity contribution >= 4 is 69.1 Å². The maximum Gasteiger partial charge on any atom is 0.410 e. The van der Waals surface area contributed by atoms with Crippen LogP contribution in [0.2, 0.25) is 0 Å². The van der Waals surface area contributed by atoms with E-state index in [-0.39, 0.29) is 12.1 Å². The fourth-order valence-corrected chi connectivity index (χ4v) is 5.20. The van der Waals surface area contributed by atoms with Crippen LogP contribution in [0.25, 0.3) is 10.9 Å². The number of hydrogen-bond acceptors (Lipinski definition) is 5. The second-order valence-corrected chi connectivity index (χ2v) is 9.94. The predicted molar refractivity (Wildman–Crippen MR) is 130 cm³/mol. The highest BCUT2D eigenvalue weighted by Crippen LogP contribution is 2.37. The van der Waals surface area contributed by atoms with E-state index in [1.807, 2.05) is 51.8 Å². The minimum atomic E-state index is -0.480. The topological polar surface area (TPSA) is 50.6 Å². The Morgan fingerprint density at radius 3 is 2.61 bits per heavy atom. The Morgan fingerprint density at radius 2 is 2.04 bits per heavy atom. The van der Waals surface area contributed by atoms with Gasteiger partial charge in [0.25, 0.3) is 0 Å². The molecule has 2 aromatic heterocycles. The fraction of sp³-hybridized carbons (Fsp3) is 0.579. The van der Waals surface area contributed by atoms with Crippen molar-refractivity contribution in [1.29, 1.82) is 0 Å². The molecule has 1 fully saturated rings. The lowest BCUT2D eigenvalue weighted by Crippen LogP contribution is -2.55. The van der Waals surface area contributed by atoms with Crippen molar-refractivity contribution in [2.75, 3.05) is 24.5 Å².